The van der Waals surface area contributed by atoms with Crippen LogP contribution in [-0.4, -0.2) is 12.3 Å². The van der Waals surface area contributed by atoms with Gasteiger partial charge in [0.2, 0.25) is 0 Å². The summed E-state index contributed by atoms with van der Waals surface area (Å²) in [7, 11) is 1.58. The van der Waals surface area contributed by atoms with Gasteiger partial charge in [0.1, 0.15) is 12.4 Å². The number of hydrogen-bond donors (Lipinski definition) is 1. The van der Waals surface area contributed by atoms with Crippen LogP contribution in [-0.2, 0) is 17.8 Å². The molecule has 1 fully saturated rings. The summed E-state index contributed by atoms with van der Waals surface area (Å²) in [5.41, 5.74) is 6.00. The van der Waals surface area contributed by atoms with Crippen molar-refractivity contribution in [3.8, 4) is 5.75 Å². The molecule has 0 heterocycles. The van der Waals surface area contributed by atoms with E-state index in [1.165, 1.54) is 35.1 Å². The number of thiocarbonyl (C=S) groups is 1. The zero-order chi connectivity index (χ0) is 17.8. The highest BCUT2D eigenvalue weighted by atomic mass is 32.1. The fourth-order valence-electron chi connectivity index (χ4n) is 3.06. The SMILES string of the molecule is CCc1ccc(OCc2c(NC(=S)OC)cccc2C2CC2)c(C)c1. The maximum Gasteiger partial charge on any atom is 0.260 e. The van der Waals surface area contributed by atoms with E-state index in [0.717, 1.165) is 17.9 Å². The molecule has 1 saturated carbocycles. The predicted molar refractivity (Wildman–Crippen MR) is 107 cm³/mol. The zero-order valence-corrected chi connectivity index (χ0v) is 15.9. The van der Waals surface area contributed by atoms with Crippen molar-refractivity contribution in [2.45, 2.75) is 45.6 Å². The third-order valence-corrected chi connectivity index (χ3v) is 4.94. The van der Waals surface area contributed by atoms with E-state index in [2.05, 4.69) is 49.5 Å². The average molecular weight is 356 g/mol. The van der Waals surface area contributed by atoms with Gasteiger partial charge in [0.15, 0.2) is 0 Å². The minimum atomic E-state index is 0.373. The van der Waals surface area contributed by atoms with E-state index in [9.17, 15) is 0 Å². The number of anilines is 1. The smallest absolute Gasteiger partial charge is 0.260 e. The number of nitrogens with one attached hydrogen (secondary N) is 1. The van der Waals surface area contributed by atoms with Gasteiger partial charge in [0.25, 0.3) is 5.17 Å². The van der Waals surface area contributed by atoms with Gasteiger partial charge in [-0.25, -0.2) is 0 Å². The molecule has 132 valence electrons. The minimum Gasteiger partial charge on any atom is -0.489 e. The summed E-state index contributed by atoms with van der Waals surface area (Å²) in [6.45, 7) is 4.78. The lowest BCUT2D eigenvalue weighted by atomic mass is 10.0. The maximum atomic E-state index is 6.17. The van der Waals surface area contributed by atoms with Crippen LogP contribution in [0.4, 0.5) is 5.69 Å². The second-order valence-electron chi connectivity index (χ2n) is 6.51. The Morgan fingerprint density at radius 2 is 2.04 bits per heavy atom. The Labute approximate surface area is 155 Å². The van der Waals surface area contributed by atoms with Crippen LogP contribution in [0.1, 0.15) is 47.9 Å². The molecule has 0 aliphatic heterocycles. The van der Waals surface area contributed by atoms with Crippen LogP contribution in [0.3, 0.4) is 0 Å². The van der Waals surface area contributed by atoms with Gasteiger partial charge in [-0.2, -0.15) is 0 Å². The number of hydrogen-bond acceptors (Lipinski definition) is 3. The fourth-order valence-corrected chi connectivity index (χ4v) is 3.17. The van der Waals surface area contributed by atoms with E-state index in [0.29, 0.717) is 17.7 Å². The molecule has 3 rings (SSSR count). The molecule has 0 unspecified atom stereocenters. The highest BCUT2D eigenvalue weighted by molar-refractivity contribution is 7.80. The van der Waals surface area contributed by atoms with E-state index in [4.69, 9.17) is 21.7 Å². The second-order valence-corrected chi connectivity index (χ2v) is 6.88. The number of ether oxygens (including phenoxy) is 2. The van der Waals surface area contributed by atoms with Crippen LogP contribution in [0.5, 0.6) is 5.75 Å². The van der Waals surface area contributed by atoms with E-state index in [-0.39, 0.29) is 0 Å². The van der Waals surface area contributed by atoms with Crippen LogP contribution in [0, 0.1) is 6.92 Å². The molecule has 1 aliphatic rings. The summed E-state index contributed by atoms with van der Waals surface area (Å²) >= 11 is 5.17. The standard InChI is InChI=1S/C21H25NO2S/c1-4-15-8-11-20(14(2)12-15)24-13-18-17(16-9-10-16)6-5-7-19(18)22-21(25)23-3/h5-8,11-12,16H,4,9-10,13H2,1-3H3,(H,22,25). The number of benzene rings is 2. The number of methoxy groups -OCH3 is 1. The summed E-state index contributed by atoms with van der Waals surface area (Å²) in [6, 6.07) is 12.7. The largest absolute Gasteiger partial charge is 0.489 e. The molecule has 0 saturated heterocycles. The van der Waals surface area contributed by atoms with Crippen molar-refractivity contribution in [3.05, 3.63) is 58.7 Å². The molecule has 0 aromatic heterocycles. The molecule has 2 aromatic carbocycles. The van der Waals surface area contributed by atoms with Crippen molar-refractivity contribution in [2.75, 3.05) is 12.4 Å². The van der Waals surface area contributed by atoms with Crippen LogP contribution in [0.2, 0.25) is 0 Å². The van der Waals surface area contributed by atoms with E-state index in [1.54, 1.807) is 7.11 Å². The highest BCUT2D eigenvalue weighted by Crippen LogP contribution is 2.43. The Morgan fingerprint density at radius 3 is 2.68 bits per heavy atom. The van der Waals surface area contributed by atoms with Crippen LogP contribution in [0.15, 0.2) is 36.4 Å². The van der Waals surface area contributed by atoms with Gasteiger partial charge in [0.05, 0.1) is 7.11 Å². The van der Waals surface area contributed by atoms with Crippen LogP contribution in [0.25, 0.3) is 0 Å². The van der Waals surface area contributed by atoms with Gasteiger partial charge in [-0.15, -0.1) is 0 Å². The first-order chi connectivity index (χ1) is 12.1. The molecule has 2 aromatic rings. The summed E-state index contributed by atoms with van der Waals surface area (Å²) in [4.78, 5) is 0. The molecule has 0 radical (unpaired) electrons. The van der Waals surface area contributed by atoms with Gasteiger partial charge < -0.3 is 14.8 Å². The molecule has 0 bridgehead atoms. The van der Waals surface area contributed by atoms with Crippen molar-refractivity contribution in [1.29, 1.82) is 0 Å². The Kier molecular flexibility index (Phi) is 5.59. The van der Waals surface area contributed by atoms with Gasteiger partial charge in [0, 0.05) is 11.3 Å². The normalized spacial score (nSPS) is 13.4. The molecule has 25 heavy (non-hydrogen) atoms. The molecule has 0 amide bonds. The molecule has 3 nitrogen and oxygen atoms in total. The Balaban J connectivity index is 1.84. The van der Waals surface area contributed by atoms with Crippen LogP contribution >= 0.6 is 12.2 Å². The summed E-state index contributed by atoms with van der Waals surface area (Å²) in [5.74, 6) is 1.57. The van der Waals surface area contributed by atoms with Crippen molar-refractivity contribution >= 4 is 23.1 Å². The zero-order valence-electron chi connectivity index (χ0n) is 15.1. The number of aryl methyl sites for hydroxylation is 2. The van der Waals surface area contributed by atoms with Crippen LogP contribution < -0.4 is 10.1 Å². The molecular weight excluding hydrogens is 330 g/mol. The lowest BCUT2D eigenvalue weighted by Crippen LogP contribution is -2.14. The third kappa shape index (κ3) is 4.31. The topological polar surface area (TPSA) is 30.5 Å². The molecule has 0 atom stereocenters. The molecule has 1 aliphatic carbocycles. The van der Waals surface area contributed by atoms with E-state index in [1.807, 2.05) is 6.07 Å². The first kappa shape index (κ1) is 17.7. The van der Waals surface area contributed by atoms with Gasteiger partial charge in [-0.1, -0.05) is 31.2 Å². The average Bonchev–Trinajstić information content (AvgIpc) is 3.46. The fraction of sp³-hybridized carbons (Fsp3) is 0.381. The Hall–Kier alpha value is -2.07. The quantitative estimate of drug-likeness (QED) is 0.707. The summed E-state index contributed by atoms with van der Waals surface area (Å²) in [6.07, 6.45) is 3.53. The third-order valence-electron chi connectivity index (χ3n) is 4.67. The Bertz CT molecular complexity index is 768. The minimum absolute atomic E-state index is 0.373. The Morgan fingerprint density at radius 1 is 1.24 bits per heavy atom. The van der Waals surface area contributed by atoms with Gasteiger partial charge in [-0.05, 0) is 73.1 Å². The lowest BCUT2D eigenvalue weighted by Gasteiger charge is -2.18. The molecular formula is C21H25NO2S. The van der Waals surface area contributed by atoms with E-state index >= 15 is 0 Å². The molecule has 1 N–H and O–H groups in total. The number of rotatable bonds is 6. The first-order valence-corrected chi connectivity index (χ1v) is 9.22. The van der Waals surface area contributed by atoms with E-state index < -0.39 is 0 Å². The molecule has 4 heteroatoms. The summed E-state index contributed by atoms with van der Waals surface area (Å²) in [5, 5.41) is 3.55. The predicted octanol–water partition coefficient (Wildman–Crippen LogP) is 5.36. The van der Waals surface area contributed by atoms with Gasteiger partial charge >= 0.3 is 0 Å². The van der Waals surface area contributed by atoms with Crippen molar-refractivity contribution in [2.24, 2.45) is 0 Å². The monoisotopic (exact) mass is 355 g/mol. The van der Waals surface area contributed by atoms with Gasteiger partial charge in [-0.3, -0.25) is 0 Å². The highest BCUT2D eigenvalue weighted by Gasteiger charge is 2.27. The van der Waals surface area contributed by atoms with Crippen molar-refractivity contribution in [1.82, 2.24) is 0 Å². The maximum absolute atomic E-state index is 6.17. The second kappa shape index (κ2) is 7.87. The summed E-state index contributed by atoms with van der Waals surface area (Å²) < 4.78 is 11.3. The molecule has 0 spiro atoms. The van der Waals surface area contributed by atoms with Crippen molar-refractivity contribution < 1.29 is 9.47 Å². The lowest BCUT2D eigenvalue weighted by molar-refractivity contribution is 0.303. The van der Waals surface area contributed by atoms with Crippen molar-refractivity contribution in [3.63, 3.8) is 0 Å². The first-order valence-electron chi connectivity index (χ1n) is 8.81.